The van der Waals surface area contributed by atoms with Gasteiger partial charge in [0.05, 0.1) is 5.02 Å². The number of carbonyl (C=O) groups excluding carboxylic acids is 2. The van der Waals surface area contributed by atoms with Crippen molar-refractivity contribution in [3.05, 3.63) is 63.7 Å². The molecular formula is C18H14ClFN2O3S. The maximum atomic E-state index is 13.3. The summed E-state index contributed by atoms with van der Waals surface area (Å²) in [7, 11) is 0. The highest BCUT2D eigenvalue weighted by molar-refractivity contribution is 7.21. The third-order valence-corrected chi connectivity index (χ3v) is 5.28. The molecule has 0 bridgehead atoms. The van der Waals surface area contributed by atoms with E-state index in [1.165, 1.54) is 42.5 Å². The zero-order valence-corrected chi connectivity index (χ0v) is 15.0. The molecule has 2 amide bonds. The molecule has 134 valence electrons. The number of amides is 2. The van der Waals surface area contributed by atoms with Gasteiger partial charge in [0.15, 0.2) is 0 Å². The SMILES string of the molecule is O=C(NCCNC(=O)c1sc2cc(F)ccc2c1Cl)c1ccc(O)cc1. The van der Waals surface area contributed by atoms with Crippen LogP contribution in [0.1, 0.15) is 20.0 Å². The summed E-state index contributed by atoms with van der Waals surface area (Å²) in [5, 5.41) is 15.4. The fourth-order valence-electron chi connectivity index (χ4n) is 2.33. The lowest BCUT2D eigenvalue weighted by atomic mass is 10.2. The van der Waals surface area contributed by atoms with Crippen LogP contribution in [0.25, 0.3) is 10.1 Å². The van der Waals surface area contributed by atoms with E-state index in [1.54, 1.807) is 0 Å². The number of phenols is 1. The topological polar surface area (TPSA) is 78.4 Å². The Hall–Kier alpha value is -2.64. The molecule has 0 unspecified atom stereocenters. The van der Waals surface area contributed by atoms with Gasteiger partial charge in [-0.1, -0.05) is 11.6 Å². The number of nitrogens with one attached hydrogen (secondary N) is 2. The monoisotopic (exact) mass is 392 g/mol. The molecule has 8 heteroatoms. The van der Waals surface area contributed by atoms with Gasteiger partial charge in [-0.25, -0.2) is 4.39 Å². The fraction of sp³-hybridized carbons (Fsp3) is 0.111. The molecule has 2 aromatic carbocycles. The lowest BCUT2D eigenvalue weighted by Crippen LogP contribution is -2.34. The van der Waals surface area contributed by atoms with E-state index < -0.39 is 0 Å². The third-order valence-electron chi connectivity index (χ3n) is 3.62. The molecule has 3 rings (SSSR count). The number of halogens is 2. The van der Waals surface area contributed by atoms with Crippen molar-refractivity contribution in [2.45, 2.75) is 0 Å². The lowest BCUT2D eigenvalue weighted by molar-refractivity contribution is 0.0929. The Kier molecular flexibility index (Phi) is 5.39. The van der Waals surface area contributed by atoms with Crippen LogP contribution >= 0.6 is 22.9 Å². The average molecular weight is 393 g/mol. The number of phenolic OH excluding ortho intramolecular Hbond substituents is 1. The number of hydrogen-bond donors (Lipinski definition) is 3. The van der Waals surface area contributed by atoms with Crippen molar-refractivity contribution in [1.82, 2.24) is 10.6 Å². The molecular weight excluding hydrogens is 379 g/mol. The molecule has 0 saturated carbocycles. The molecule has 0 fully saturated rings. The first-order valence-corrected chi connectivity index (χ1v) is 8.88. The van der Waals surface area contributed by atoms with Gasteiger partial charge in [-0.2, -0.15) is 0 Å². The minimum absolute atomic E-state index is 0.0777. The standard InChI is InChI=1S/C18H14ClFN2O3S/c19-15-13-6-3-11(20)9-14(13)26-16(15)18(25)22-8-7-21-17(24)10-1-4-12(23)5-2-10/h1-6,9,23H,7-8H2,(H,21,24)(H,22,25). The zero-order valence-electron chi connectivity index (χ0n) is 13.4. The molecule has 0 radical (unpaired) electrons. The lowest BCUT2D eigenvalue weighted by Gasteiger charge is -2.07. The zero-order chi connectivity index (χ0) is 18.7. The van der Waals surface area contributed by atoms with Crippen molar-refractivity contribution in [2.75, 3.05) is 13.1 Å². The largest absolute Gasteiger partial charge is 0.508 e. The van der Waals surface area contributed by atoms with Gasteiger partial charge in [0.1, 0.15) is 16.4 Å². The van der Waals surface area contributed by atoms with Gasteiger partial charge < -0.3 is 15.7 Å². The van der Waals surface area contributed by atoms with Crippen molar-refractivity contribution < 1.29 is 19.1 Å². The highest BCUT2D eigenvalue weighted by Gasteiger charge is 2.17. The van der Waals surface area contributed by atoms with Crippen molar-refractivity contribution in [2.24, 2.45) is 0 Å². The molecule has 0 saturated heterocycles. The van der Waals surface area contributed by atoms with Crippen molar-refractivity contribution in [3.8, 4) is 5.75 Å². The smallest absolute Gasteiger partial charge is 0.262 e. The van der Waals surface area contributed by atoms with E-state index in [0.29, 0.717) is 20.5 Å². The summed E-state index contributed by atoms with van der Waals surface area (Å²) in [6.45, 7) is 0.435. The van der Waals surface area contributed by atoms with E-state index in [9.17, 15) is 19.1 Å². The fourth-order valence-corrected chi connectivity index (χ4v) is 3.79. The van der Waals surface area contributed by atoms with Crippen LogP contribution < -0.4 is 10.6 Å². The molecule has 26 heavy (non-hydrogen) atoms. The quantitative estimate of drug-likeness (QED) is 0.581. The molecule has 0 aliphatic rings. The molecule has 0 spiro atoms. The van der Waals surface area contributed by atoms with Crippen LogP contribution in [-0.4, -0.2) is 30.0 Å². The maximum absolute atomic E-state index is 13.3. The first-order valence-electron chi connectivity index (χ1n) is 7.68. The first-order chi connectivity index (χ1) is 12.5. The number of rotatable bonds is 5. The Balaban J connectivity index is 1.55. The van der Waals surface area contributed by atoms with Gasteiger partial charge in [0.25, 0.3) is 11.8 Å². The third kappa shape index (κ3) is 3.95. The van der Waals surface area contributed by atoms with Crippen molar-refractivity contribution in [1.29, 1.82) is 0 Å². The van der Waals surface area contributed by atoms with E-state index in [2.05, 4.69) is 10.6 Å². The molecule has 5 nitrogen and oxygen atoms in total. The second kappa shape index (κ2) is 7.72. The predicted molar refractivity (Wildman–Crippen MR) is 99.6 cm³/mol. The summed E-state index contributed by atoms with van der Waals surface area (Å²) in [5.41, 5.74) is 0.406. The molecule has 1 aromatic heterocycles. The molecule has 0 aliphatic carbocycles. The van der Waals surface area contributed by atoms with Crippen molar-refractivity contribution in [3.63, 3.8) is 0 Å². The van der Waals surface area contributed by atoms with Gasteiger partial charge >= 0.3 is 0 Å². The Morgan fingerprint density at radius 3 is 2.38 bits per heavy atom. The summed E-state index contributed by atoms with van der Waals surface area (Å²) in [5.74, 6) is -1.00. The van der Waals surface area contributed by atoms with Gasteiger partial charge in [-0.05, 0) is 42.5 Å². The summed E-state index contributed by atoms with van der Waals surface area (Å²) >= 11 is 7.31. The van der Waals surface area contributed by atoms with Crippen LogP contribution in [0.15, 0.2) is 42.5 Å². The predicted octanol–water partition coefficient (Wildman–Crippen LogP) is 3.56. The summed E-state index contributed by atoms with van der Waals surface area (Å²) < 4.78 is 13.9. The Morgan fingerprint density at radius 2 is 1.69 bits per heavy atom. The van der Waals surface area contributed by atoms with E-state index in [0.717, 1.165) is 11.3 Å². The van der Waals surface area contributed by atoms with E-state index in [-0.39, 0.29) is 41.5 Å². The molecule has 0 atom stereocenters. The first kappa shape index (κ1) is 18.2. The maximum Gasteiger partial charge on any atom is 0.262 e. The Bertz CT molecular complexity index is 972. The average Bonchev–Trinajstić information content (AvgIpc) is 2.95. The van der Waals surface area contributed by atoms with Crippen LogP contribution in [0.5, 0.6) is 5.75 Å². The van der Waals surface area contributed by atoms with E-state index in [4.69, 9.17) is 11.6 Å². The van der Waals surface area contributed by atoms with Crippen LogP contribution in [0.3, 0.4) is 0 Å². The number of aromatic hydroxyl groups is 1. The minimum atomic E-state index is -0.390. The number of benzene rings is 2. The van der Waals surface area contributed by atoms with Crippen molar-refractivity contribution >= 4 is 44.8 Å². The van der Waals surface area contributed by atoms with Gasteiger partial charge in [0, 0.05) is 28.7 Å². The molecule has 0 aliphatic heterocycles. The molecule has 3 aromatic rings. The normalized spacial score (nSPS) is 10.7. The minimum Gasteiger partial charge on any atom is -0.508 e. The van der Waals surface area contributed by atoms with Gasteiger partial charge in [-0.15, -0.1) is 11.3 Å². The number of thiophene rings is 1. The highest BCUT2D eigenvalue weighted by atomic mass is 35.5. The summed E-state index contributed by atoms with van der Waals surface area (Å²) in [4.78, 5) is 24.5. The van der Waals surface area contributed by atoms with E-state index in [1.807, 2.05) is 0 Å². The molecule has 3 N–H and O–H groups in total. The van der Waals surface area contributed by atoms with Crippen LogP contribution in [0, 0.1) is 5.82 Å². The van der Waals surface area contributed by atoms with Crippen LogP contribution in [-0.2, 0) is 0 Å². The van der Waals surface area contributed by atoms with Crippen LogP contribution in [0.4, 0.5) is 4.39 Å². The van der Waals surface area contributed by atoms with Gasteiger partial charge in [0.2, 0.25) is 0 Å². The Labute approximate surface area is 157 Å². The number of hydrogen-bond acceptors (Lipinski definition) is 4. The Morgan fingerprint density at radius 1 is 1.04 bits per heavy atom. The van der Waals surface area contributed by atoms with Gasteiger partial charge in [-0.3, -0.25) is 9.59 Å². The summed E-state index contributed by atoms with van der Waals surface area (Å²) in [6, 6.07) is 10.0. The number of fused-ring (bicyclic) bond motifs is 1. The number of carbonyl (C=O) groups is 2. The summed E-state index contributed by atoms with van der Waals surface area (Å²) in [6.07, 6.45) is 0. The van der Waals surface area contributed by atoms with Crippen LogP contribution in [0.2, 0.25) is 5.02 Å². The second-order valence-electron chi connectivity index (χ2n) is 5.44. The second-order valence-corrected chi connectivity index (χ2v) is 6.87. The highest BCUT2D eigenvalue weighted by Crippen LogP contribution is 2.35. The molecule has 1 heterocycles. The van der Waals surface area contributed by atoms with E-state index >= 15 is 0 Å².